The number of phenols is 1. The normalized spacial score (nSPS) is 18.8. The van der Waals surface area contributed by atoms with E-state index in [4.69, 9.17) is 14.2 Å². The number of para-hydroxylation sites is 1. The molecule has 1 atom stereocenters. The molecule has 2 fully saturated rings. The van der Waals surface area contributed by atoms with Crippen molar-refractivity contribution in [2.75, 3.05) is 33.9 Å². The predicted octanol–water partition coefficient (Wildman–Crippen LogP) is 3.59. The van der Waals surface area contributed by atoms with E-state index in [0.29, 0.717) is 41.4 Å². The van der Waals surface area contributed by atoms with Crippen LogP contribution in [0.5, 0.6) is 23.0 Å². The first-order valence-electron chi connectivity index (χ1n) is 11.3. The Balaban J connectivity index is 1.36. The van der Waals surface area contributed by atoms with Gasteiger partial charge in [-0.15, -0.1) is 0 Å². The van der Waals surface area contributed by atoms with E-state index in [1.165, 1.54) is 14.2 Å². The van der Waals surface area contributed by atoms with Crippen molar-refractivity contribution in [2.24, 2.45) is 5.92 Å². The first kappa shape index (κ1) is 22.3. The molecular weight excluding hydrogens is 408 g/mol. The summed E-state index contributed by atoms with van der Waals surface area (Å²) in [6.45, 7) is 3.22. The summed E-state index contributed by atoms with van der Waals surface area (Å²) in [4.78, 5) is 14.9. The van der Waals surface area contributed by atoms with Crippen molar-refractivity contribution in [3.05, 3.63) is 47.5 Å². The Morgan fingerprint density at radius 2 is 1.81 bits per heavy atom. The summed E-state index contributed by atoms with van der Waals surface area (Å²) in [6, 6.07) is 11.5. The SMILES string of the molecule is COc1cc(CN2CCCC(COc3ccccc3C(=O)NC3CC3)C2)cc(OC)c1O. The molecule has 2 N–H and O–H groups in total. The average molecular weight is 441 g/mol. The molecule has 0 aromatic heterocycles. The van der Waals surface area contributed by atoms with Gasteiger partial charge in [-0.25, -0.2) is 0 Å². The van der Waals surface area contributed by atoms with E-state index in [1.54, 1.807) is 0 Å². The number of methoxy groups -OCH3 is 2. The van der Waals surface area contributed by atoms with E-state index in [-0.39, 0.29) is 11.7 Å². The second-order valence-electron chi connectivity index (χ2n) is 8.65. The smallest absolute Gasteiger partial charge is 0.255 e. The Kier molecular flexibility index (Phi) is 7.05. The number of likely N-dealkylation sites (tertiary alicyclic amines) is 1. The lowest BCUT2D eigenvalue weighted by Crippen LogP contribution is -2.37. The lowest BCUT2D eigenvalue weighted by Gasteiger charge is -2.33. The van der Waals surface area contributed by atoms with Crippen LogP contribution in [0.4, 0.5) is 0 Å². The molecule has 2 aromatic rings. The van der Waals surface area contributed by atoms with E-state index < -0.39 is 0 Å². The van der Waals surface area contributed by atoms with Crippen LogP contribution in [0.1, 0.15) is 41.6 Å². The molecular formula is C25H32N2O5. The number of hydrogen-bond donors (Lipinski definition) is 2. The van der Waals surface area contributed by atoms with Crippen molar-refractivity contribution in [3.8, 4) is 23.0 Å². The van der Waals surface area contributed by atoms with E-state index in [9.17, 15) is 9.90 Å². The van der Waals surface area contributed by atoms with Crippen LogP contribution in [0.25, 0.3) is 0 Å². The minimum Gasteiger partial charge on any atom is -0.502 e. The topological polar surface area (TPSA) is 80.3 Å². The molecule has 2 aromatic carbocycles. The Bertz CT molecular complexity index is 919. The largest absolute Gasteiger partial charge is 0.502 e. The van der Waals surface area contributed by atoms with Gasteiger partial charge in [-0.05, 0) is 62.1 Å². The summed E-state index contributed by atoms with van der Waals surface area (Å²) in [6.07, 6.45) is 4.30. The van der Waals surface area contributed by atoms with Crippen molar-refractivity contribution < 1.29 is 24.1 Å². The minimum atomic E-state index is -0.0522. The maximum Gasteiger partial charge on any atom is 0.255 e. The van der Waals surface area contributed by atoms with Crippen LogP contribution in [0.2, 0.25) is 0 Å². The molecule has 1 aliphatic heterocycles. The summed E-state index contributed by atoms with van der Waals surface area (Å²) in [7, 11) is 3.07. The molecule has 172 valence electrons. The summed E-state index contributed by atoms with van der Waals surface area (Å²) in [5.41, 5.74) is 1.63. The van der Waals surface area contributed by atoms with E-state index in [0.717, 1.165) is 50.9 Å². The third-order valence-corrected chi connectivity index (χ3v) is 6.07. The predicted molar refractivity (Wildman–Crippen MR) is 122 cm³/mol. The number of aromatic hydroxyl groups is 1. The molecule has 0 radical (unpaired) electrons. The van der Waals surface area contributed by atoms with Crippen molar-refractivity contribution in [1.29, 1.82) is 0 Å². The van der Waals surface area contributed by atoms with Crippen LogP contribution in [-0.4, -0.2) is 55.9 Å². The van der Waals surface area contributed by atoms with Gasteiger partial charge in [0.2, 0.25) is 5.75 Å². The molecule has 1 amide bonds. The molecule has 1 saturated carbocycles. The second kappa shape index (κ2) is 10.1. The van der Waals surface area contributed by atoms with Gasteiger partial charge >= 0.3 is 0 Å². The van der Waals surface area contributed by atoms with Gasteiger partial charge in [-0.2, -0.15) is 0 Å². The minimum absolute atomic E-state index is 0.0214. The number of phenolic OH excluding ortho intramolecular Hbond substituents is 1. The highest BCUT2D eigenvalue weighted by Gasteiger charge is 2.26. The maximum absolute atomic E-state index is 12.5. The average Bonchev–Trinajstić information content (AvgIpc) is 3.63. The summed E-state index contributed by atoms with van der Waals surface area (Å²) in [5.74, 6) is 1.83. The highest BCUT2D eigenvalue weighted by Crippen LogP contribution is 2.37. The van der Waals surface area contributed by atoms with Gasteiger partial charge in [0.15, 0.2) is 11.5 Å². The molecule has 4 rings (SSSR count). The molecule has 1 unspecified atom stereocenters. The van der Waals surface area contributed by atoms with Gasteiger partial charge in [0, 0.05) is 25.0 Å². The van der Waals surface area contributed by atoms with Crippen LogP contribution >= 0.6 is 0 Å². The van der Waals surface area contributed by atoms with Gasteiger partial charge in [0.1, 0.15) is 5.75 Å². The van der Waals surface area contributed by atoms with Crippen LogP contribution in [-0.2, 0) is 6.54 Å². The zero-order valence-corrected chi connectivity index (χ0v) is 18.8. The highest BCUT2D eigenvalue weighted by atomic mass is 16.5. The Labute approximate surface area is 189 Å². The molecule has 1 heterocycles. The fourth-order valence-electron chi connectivity index (χ4n) is 4.21. The van der Waals surface area contributed by atoms with Gasteiger partial charge in [0.25, 0.3) is 5.91 Å². The van der Waals surface area contributed by atoms with Crippen LogP contribution in [0, 0.1) is 5.92 Å². The zero-order valence-electron chi connectivity index (χ0n) is 18.8. The molecule has 0 spiro atoms. The molecule has 1 aliphatic carbocycles. The van der Waals surface area contributed by atoms with Crippen LogP contribution in [0.15, 0.2) is 36.4 Å². The number of carbonyl (C=O) groups excluding carboxylic acids is 1. The first-order valence-corrected chi connectivity index (χ1v) is 11.3. The maximum atomic E-state index is 12.5. The number of piperidine rings is 1. The van der Waals surface area contributed by atoms with Gasteiger partial charge < -0.3 is 24.6 Å². The van der Waals surface area contributed by atoms with Crippen molar-refractivity contribution in [2.45, 2.75) is 38.3 Å². The monoisotopic (exact) mass is 440 g/mol. The number of carbonyl (C=O) groups is 1. The van der Waals surface area contributed by atoms with E-state index in [2.05, 4.69) is 10.2 Å². The summed E-state index contributed by atoms with van der Waals surface area (Å²) < 4.78 is 16.7. The molecule has 7 heteroatoms. The lowest BCUT2D eigenvalue weighted by atomic mass is 9.98. The van der Waals surface area contributed by atoms with Crippen LogP contribution in [0.3, 0.4) is 0 Å². The van der Waals surface area contributed by atoms with Gasteiger partial charge in [0.05, 0.1) is 26.4 Å². The van der Waals surface area contributed by atoms with E-state index >= 15 is 0 Å². The third kappa shape index (κ3) is 5.46. The Morgan fingerprint density at radius 3 is 2.50 bits per heavy atom. The number of ether oxygens (including phenoxy) is 3. The number of nitrogens with zero attached hydrogens (tertiary/aromatic N) is 1. The van der Waals surface area contributed by atoms with Crippen LogP contribution < -0.4 is 19.5 Å². The van der Waals surface area contributed by atoms with Crippen molar-refractivity contribution in [1.82, 2.24) is 10.2 Å². The van der Waals surface area contributed by atoms with Gasteiger partial charge in [-0.3, -0.25) is 9.69 Å². The number of rotatable bonds is 9. The molecule has 0 bridgehead atoms. The fraction of sp³-hybridized carbons (Fsp3) is 0.480. The molecule has 32 heavy (non-hydrogen) atoms. The summed E-state index contributed by atoms with van der Waals surface area (Å²) in [5, 5.41) is 13.2. The Hall–Kier alpha value is -2.93. The van der Waals surface area contributed by atoms with Crippen molar-refractivity contribution in [3.63, 3.8) is 0 Å². The van der Waals surface area contributed by atoms with Gasteiger partial charge in [-0.1, -0.05) is 12.1 Å². The number of benzene rings is 2. The fourth-order valence-corrected chi connectivity index (χ4v) is 4.21. The standard InChI is InChI=1S/C25H32N2O5/c1-30-22-12-18(13-23(31-2)24(22)28)15-27-11-5-6-17(14-27)16-32-21-8-4-3-7-20(21)25(29)26-19-9-10-19/h3-4,7-8,12-13,17,19,28H,5-6,9-11,14-16H2,1-2H3,(H,26,29). The van der Waals surface area contributed by atoms with Crippen molar-refractivity contribution >= 4 is 5.91 Å². The van der Waals surface area contributed by atoms with E-state index in [1.807, 2.05) is 36.4 Å². The molecule has 1 saturated heterocycles. The lowest BCUT2D eigenvalue weighted by molar-refractivity contribution is 0.0940. The molecule has 2 aliphatic rings. The third-order valence-electron chi connectivity index (χ3n) is 6.07. The second-order valence-corrected chi connectivity index (χ2v) is 8.65. The number of amides is 1. The summed E-state index contributed by atoms with van der Waals surface area (Å²) >= 11 is 0. The first-order chi connectivity index (χ1) is 15.6. The zero-order chi connectivity index (χ0) is 22.5. The number of hydrogen-bond acceptors (Lipinski definition) is 6. The quantitative estimate of drug-likeness (QED) is 0.620. The Morgan fingerprint density at radius 1 is 1.09 bits per heavy atom. The number of nitrogens with one attached hydrogen (secondary N) is 1. The molecule has 7 nitrogen and oxygen atoms in total. The highest BCUT2D eigenvalue weighted by molar-refractivity contribution is 5.97.